The number of benzene rings is 2. The van der Waals surface area contributed by atoms with Gasteiger partial charge < -0.3 is 21.1 Å². The Kier molecular flexibility index (Phi) is 14.9. The van der Waals surface area contributed by atoms with Crippen LogP contribution in [-0.2, 0) is 16.0 Å². The minimum atomic E-state index is -0.317. The predicted octanol–water partition coefficient (Wildman–Crippen LogP) is 6.31. The van der Waals surface area contributed by atoms with Crippen molar-refractivity contribution in [3.63, 3.8) is 0 Å². The molecular weight excluding hydrogens is 565 g/mol. The van der Waals surface area contributed by atoms with E-state index in [0.29, 0.717) is 13.0 Å². The van der Waals surface area contributed by atoms with Crippen LogP contribution in [0.15, 0.2) is 54.6 Å². The van der Waals surface area contributed by atoms with Crippen molar-refractivity contribution in [2.24, 2.45) is 5.73 Å². The Bertz CT molecular complexity index is 852. The molecule has 2 amide bonds. The number of hydrogen-bond donors (Lipinski definition) is 3. The van der Waals surface area contributed by atoms with Crippen LogP contribution >= 0.6 is 35.6 Å². The lowest BCUT2D eigenvalue weighted by atomic mass is 9.82. The fourth-order valence-electron chi connectivity index (χ4n) is 3.77. The maximum Gasteiger partial charge on any atom is 0.319 e. The highest BCUT2D eigenvalue weighted by atomic mass is 127. The summed E-state index contributed by atoms with van der Waals surface area (Å²) in [6.45, 7) is 0.592. The molecule has 0 heterocycles. The van der Waals surface area contributed by atoms with Crippen molar-refractivity contribution in [3.8, 4) is 0 Å². The van der Waals surface area contributed by atoms with Gasteiger partial charge in [-0.25, -0.2) is 4.79 Å². The van der Waals surface area contributed by atoms with Crippen LogP contribution in [0.3, 0.4) is 0 Å². The van der Waals surface area contributed by atoms with E-state index in [-0.39, 0.29) is 41.5 Å². The van der Waals surface area contributed by atoms with Gasteiger partial charge in [-0.15, -0.1) is 24.0 Å². The zero-order valence-corrected chi connectivity index (χ0v) is 22.9. The highest BCUT2D eigenvalue weighted by molar-refractivity contribution is 14.0. The SMILES string of the molecule is COC(=O)CCCCC(N)(CCCCNC(=O)Nc1ccccc1)CCc1ccc(Cl)cc1.I. The molecule has 8 heteroatoms. The van der Waals surface area contributed by atoms with Gasteiger partial charge in [-0.05, 0) is 74.8 Å². The Morgan fingerprint density at radius 3 is 2.24 bits per heavy atom. The number of carbonyl (C=O) groups is 2. The van der Waals surface area contributed by atoms with Gasteiger partial charge in [0.05, 0.1) is 7.11 Å². The van der Waals surface area contributed by atoms with E-state index in [1.807, 2.05) is 54.6 Å². The summed E-state index contributed by atoms with van der Waals surface area (Å²) in [5.41, 5.74) is 8.49. The maximum absolute atomic E-state index is 12.0. The second-order valence-electron chi connectivity index (χ2n) is 8.48. The van der Waals surface area contributed by atoms with Crippen LogP contribution in [0, 0.1) is 0 Å². The van der Waals surface area contributed by atoms with Crippen molar-refractivity contribution in [3.05, 3.63) is 65.2 Å². The van der Waals surface area contributed by atoms with Gasteiger partial charge in [-0.2, -0.15) is 0 Å². The molecular formula is C26H37ClIN3O3. The summed E-state index contributed by atoms with van der Waals surface area (Å²) < 4.78 is 4.73. The summed E-state index contributed by atoms with van der Waals surface area (Å²) in [6, 6.07) is 17.0. The Morgan fingerprint density at radius 1 is 0.941 bits per heavy atom. The monoisotopic (exact) mass is 601 g/mol. The maximum atomic E-state index is 12.0. The lowest BCUT2D eigenvalue weighted by Gasteiger charge is -2.30. The van der Waals surface area contributed by atoms with Crippen LogP contribution in [-0.4, -0.2) is 31.2 Å². The van der Waals surface area contributed by atoms with Crippen molar-refractivity contribution in [1.82, 2.24) is 5.32 Å². The largest absolute Gasteiger partial charge is 0.469 e. The molecule has 2 aromatic carbocycles. The molecule has 4 N–H and O–H groups in total. The number of hydrogen-bond acceptors (Lipinski definition) is 4. The minimum Gasteiger partial charge on any atom is -0.469 e. The summed E-state index contributed by atoms with van der Waals surface area (Å²) in [4.78, 5) is 23.4. The summed E-state index contributed by atoms with van der Waals surface area (Å²) in [5.74, 6) is -0.182. The molecule has 0 fully saturated rings. The number of methoxy groups -OCH3 is 1. The van der Waals surface area contributed by atoms with Crippen molar-refractivity contribution < 1.29 is 14.3 Å². The van der Waals surface area contributed by atoms with Crippen LogP contribution in [0.2, 0.25) is 5.02 Å². The second kappa shape index (κ2) is 16.7. The third-order valence-corrected chi connectivity index (χ3v) is 6.03. The molecule has 0 saturated carbocycles. The quantitative estimate of drug-likeness (QED) is 0.134. The Hall–Kier alpha value is -1.84. The molecule has 0 aromatic heterocycles. The average Bonchev–Trinajstić information content (AvgIpc) is 2.82. The number of esters is 1. The van der Waals surface area contributed by atoms with Gasteiger partial charge in [0.25, 0.3) is 0 Å². The Morgan fingerprint density at radius 2 is 1.59 bits per heavy atom. The highest BCUT2D eigenvalue weighted by Crippen LogP contribution is 2.25. The van der Waals surface area contributed by atoms with Crippen molar-refractivity contribution in [2.45, 2.75) is 63.3 Å². The van der Waals surface area contributed by atoms with Crippen LogP contribution in [0.4, 0.5) is 10.5 Å². The first-order valence-corrected chi connectivity index (χ1v) is 12.0. The Labute approximate surface area is 225 Å². The molecule has 2 rings (SSSR count). The van der Waals surface area contributed by atoms with Crippen molar-refractivity contribution in [2.75, 3.05) is 19.0 Å². The number of nitrogens with one attached hydrogen (secondary N) is 2. The van der Waals surface area contributed by atoms with E-state index in [0.717, 1.165) is 62.1 Å². The van der Waals surface area contributed by atoms with Crippen LogP contribution in [0.1, 0.15) is 56.9 Å². The Balaban J connectivity index is 0.00000578. The topological polar surface area (TPSA) is 93.4 Å². The number of rotatable bonds is 14. The summed E-state index contributed by atoms with van der Waals surface area (Å²) in [7, 11) is 1.41. The van der Waals surface area contributed by atoms with Crippen molar-refractivity contribution in [1.29, 1.82) is 0 Å². The van der Waals surface area contributed by atoms with E-state index in [1.54, 1.807) is 0 Å². The third-order valence-electron chi connectivity index (χ3n) is 5.78. The normalized spacial score (nSPS) is 12.2. The average molecular weight is 602 g/mol. The predicted molar refractivity (Wildman–Crippen MR) is 150 cm³/mol. The zero-order chi connectivity index (χ0) is 23.9. The fourth-order valence-corrected chi connectivity index (χ4v) is 3.89. The molecule has 0 radical (unpaired) electrons. The molecule has 0 aliphatic rings. The van der Waals surface area contributed by atoms with E-state index in [4.69, 9.17) is 22.1 Å². The molecule has 34 heavy (non-hydrogen) atoms. The number of para-hydroxylation sites is 1. The van der Waals surface area contributed by atoms with Gasteiger partial charge in [0.2, 0.25) is 0 Å². The molecule has 0 saturated heterocycles. The number of ether oxygens (including phenoxy) is 1. The van der Waals surface area contributed by atoms with Crippen LogP contribution in [0.25, 0.3) is 0 Å². The van der Waals surface area contributed by atoms with Gasteiger partial charge in [0.15, 0.2) is 0 Å². The number of halogens is 2. The minimum absolute atomic E-state index is 0. The van der Waals surface area contributed by atoms with E-state index in [2.05, 4.69) is 10.6 Å². The van der Waals surface area contributed by atoms with Crippen LogP contribution < -0.4 is 16.4 Å². The smallest absolute Gasteiger partial charge is 0.319 e. The highest BCUT2D eigenvalue weighted by Gasteiger charge is 2.24. The molecule has 0 spiro atoms. The number of unbranched alkanes of at least 4 members (excludes halogenated alkanes) is 2. The summed E-state index contributed by atoms with van der Waals surface area (Å²) >= 11 is 5.99. The first kappa shape index (κ1) is 30.2. The van der Waals surface area contributed by atoms with E-state index in [1.165, 1.54) is 12.7 Å². The molecule has 0 aliphatic carbocycles. The van der Waals surface area contributed by atoms with Gasteiger partial charge in [-0.1, -0.05) is 48.4 Å². The molecule has 1 unspecified atom stereocenters. The molecule has 2 aromatic rings. The van der Waals surface area contributed by atoms with Gasteiger partial charge in [-0.3, -0.25) is 4.79 Å². The van der Waals surface area contributed by atoms with Gasteiger partial charge in [0, 0.05) is 29.2 Å². The number of aryl methyl sites for hydroxylation is 1. The lowest BCUT2D eigenvalue weighted by molar-refractivity contribution is -0.140. The third kappa shape index (κ3) is 12.6. The standard InChI is InChI=1S/C26H36ClN3O3.HI/c1-33-24(31)11-5-6-17-26(28,19-16-21-12-14-22(27)15-13-21)18-7-8-20-29-25(32)30-23-9-3-2-4-10-23;/h2-4,9-10,12-15H,5-8,11,16-20,28H2,1H3,(H2,29,30,32);1H. The summed E-state index contributed by atoms with van der Waals surface area (Å²) in [6.07, 6.45) is 7.28. The number of amides is 2. The molecule has 188 valence electrons. The number of nitrogens with two attached hydrogens (primary N) is 1. The molecule has 0 aliphatic heterocycles. The number of carbonyl (C=O) groups excluding carboxylic acids is 2. The molecule has 0 bridgehead atoms. The van der Waals surface area contributed by atoms with E-state index < -0.39 is 0 Å². The molecule has 1 atom stereocenters. The van der Waals surface area contributed by atoms with Gasteiger partial charge >= 0.3 is 12.0 Å². The van der Waals surface area contributed by atoms with Crippen molar-refractivity contribution >= 4 is 53.3 Å². The number of anilines is 1. The summed E-state index contributed by atoms with van der Waals surface area (Å²) in [5, 5.41) is 6.44. The zero-order valence-electron chi connectivity index (χ0n) is 19.9. The first-order valence-electron chi connectivity index (χ1n) is 11.6. The van der Waals surface area contributed by atoms with Gasteiger partial charge in [0.1, 0.15) is 0 Å². The first-order chi connectivity index (χ1) is 15.9. The second-order valence-corrected chi connectivity index (χ2v) is 8.91. The number of urea groups is 1. The molecule has 6 nitrogen and oxygen atoms in total. The fraction of sp³-hybridized carbons (Fsp3) is 0.462. The van der Waals surface area contributed by atoms with E-state index in [9.17, 15) is 9.59 Å². The lowest BCUT2D eigenvalue weighted by Crippen LogP contribution is -2.40. The van der Waals surface area contributed by atoms with E-state index >= 15 is 0 Å². The van der Waals surface area contributed by atoms with Crippen LogP contribution in [0.5, 0.6) is 0 Å².